The van der Waals surface area contributed by atoms with Crippen LogP contribution in [0.1, 0.15) is 6.92 Å². The molecule has 0 bridgehead atoms. The number of para-hydroxylation sites is 1. The molecule has 2 N–H and O–H groups in total. The van der Waals surface area contributed by atoms with Crippen LogP contribution in [0.3, 0.4) is 0 Å². The van der Waals surface area contributed by atoms with Crippen molar-refractivity contribution in [1.82, 2.24) is 0 Å². The summed E-state index contributed by atoms with van der Waals surface area (Å²) in [7, 11) is 0. The Kier molecular flexibility index (Phi) is 4.10. The first-order valence-electron chi connectivity index (χ1n) is 6.40. The van der Waals surface area contributed by atoms with Crippen LogP contribution >= 0.6 is 0 Å². The van der Waals surface area contributed by atoms with Gasteiger partial charge in [0.2, 0.25) is 5.79 Å². The molecular formula is C17H16O4. The van der Waals surface area contributed by atoms with E-state index >= 15 is 0 Å². The summed E-state index contributed by atoms with van der Waals surface area (Å²) < 4.78 is 5.49. The van der Waals surface area contributed by atoms with Gasteiger partial charge in [-0.2, -0.15) is 0 Å². The van der Waals surface area contributed by atoms with Crippen LogP contribution in [0, 0.1) is 0 Å². The van der Waals surface area contributed by atoms with Crippen molar-refractivity contribution in [3.8, 4) is 16.9 Å². The second kappa shape index (κ2) is 5.81. The van der Waals surface area contributed by atoms with Crippen molar-refractivity contribution in [3.05, 3.63) is 66.7 Å². The number of aliphatic carboxylic acids is 1. The SMILES string of the molecule is C=C(C(=O)O)C(C)(O)Oc1ccccc1-c1ccccc1. The van der Waals surface area contributed by atoms with E-state index in [9.17, 15) is 9.90 Å². The lowest BCUT2D eigenvalue weighted by molar-refractivity contribution is -0.143. The fourth-order valence-corrected chi connectivity index (χ4v) is 1.89. The molecular weight excluding hydrogens is 268 g/mol. The summed E-state index contributed by atoms with van der Waals surface area (Å²) in [6.07, 6.45) is 0. The molecule has 0 aliphatic heterocycles. The molecule has 0 spiro atoms. The Bertz CT molecular complexity index is 660. The van der Waals surface area contributed by atoms with E-state index < -0.39 is 17.3 Å². The average Bonchev–Trinajstić information content (AvgIpc) is 2.47. The van der Waals surface area contributed by atoms with Gasteiger partial charge in [-0.05, 0) is 11.6 Å². The molecule has 0 aromatic heterocycles. The zero-order valence-electron chi connectivity index (χ0n) is 11.6. The van der Waals surface area contributed by atoms with Gasteiger partial charge in [-0.1, -0.05) is 55.1 Å². The molecule has 0 aliphatic rings. The highest BCUT2D eigenvalue weighted by atomic mass is 16.6. The van der Waals surface area contributed by atoms with Crippen molar-refractivity contribution in [2.45, 2.75) is 12.7 Å². The molecule has 0 heterocycles. The molecule has 0 saturated heterocycles. The van der Waals surface area contributed by atoms with E-state index in [0.717, 1.165) is 11.1 Å². The van der Waals surface area contributed by atoms with Gasteiger partial charge in [0.25, 0.3) is 0 Å². The highest BCUT2D eigenvalue weighted by molar-refractivity contribution is 5.87. The minimum Gasteiger partial charge on any atom is -0.478 e. The maximum atomic E-state index is 11.0. The van der Waals surface area contributed by atoms with Crippen molar-refractivity contribution >= 4 is 5.97 Å². The monoisotopic (exact) mass is 284 g/mol. The van der Waals surface area contributed by atoms with Gasteiger partial charge >= 0.3 is 5.97 Å². The van der Waals surface area contributed by atoms with Crippen LogP contribution in [-0.4, -0.2) is 22.0 Å². The molecule has 2 aromatic carbocycles. The lowest BCUT2D eigenvalue weighted by atomic mass is 10.0. The molecule has 2 aromatic rings. The van der Waals surface area contributed by atoms with Crippen molar-refractivity contribution in [2.75, 3.05) is 0 Å². The smallest absolute Gasteiger partial charge is 0.337 e. The highest BCUT2D eigenvalue weighted by Gasteiger charge is 2.32. The minimum atomic E-state index is -1.99. The molecule has 0 aliphatic carbocycles. The molecule has 0 radical (unpaired) electrons. The zero-order valence-corrected chi connectivity index (χ0v) is 11.6. The fraction of sp³-hybridized carbons (Fsp3) is 0.118. The second-order valence-corrected chi connectivity index (χ2v) is 4.73. The van der Waals surface area contributed by atoms with Crippen molar-refractivity contribution < 1.29 is 19.7 Å². The molecule has 4 nitrogen and oxygen atoms in total. The summed E-state index contributed by atoms with van der Waals surface area (Å²) >= 11 is 0. The largest absolute Gasteiger partial charge is 0.478 e. The number of carboxylic acids is 1. The Labute approximate surface area is 122 Å². The second-order valence-electron chi connectivity index (χ2n) is 4.73. The number of carbonyl (C=O) groups is 1. The summed E-state index contributed by atoms with van der Waals surface area (Å²) in [4.78, 5) is 11.0. The van der Waals surface area contributed by atoms with Crippen LogP contribution in [0.4, 0.5) is 0 Å². The summed E-state index contributed by atoms with van der Waals surface area (Å²) in [5.41, 5.74) is 1.24. The Balaban J connectivity index is 2.38. The maximum absolute atomic E-state index is 11.0. The molecule has 0 amide bonds. The summed E-state index contributed by atoms with van der Waals surface area (Å²) in [6, 6.07) is 16.6. The molecule has 108 valence electrons. The van der Waals surface area contributed by atoms with Crippen molar-refractivity contribution in [2.24, 2.45) is 0 Å². The predicted molar refractivity (Wildman–Crippen MR) is 79.9 cm³/mol. The Hall–Kier alpha value is -2.59. The molecule has 0 saturated carbocycles. The van der Waals surface area contributed by atoms with Gasteiger partial charge < -0.3 is 14.9 Å². The van der Waals surface area contributed by atoms with Gasteiger partial charge in [0.15, 0.2) is 0 Å². The maximum Gasteiger partial charge on any atom is 0.337 e. The van der Waals surface area contributed by atoms with Crippen molar-refractivity contribution in [3.63, 3.8) is 0 Å². The van der Waals surface area contributed by atoms with Gasteiger partial charge in [-0.25, -0.2) is 4.79 Å². The molecule has 4 heteroatoms. The van der Waals surface area contributed by atoms with Crippen molar-refractivity contribution in [1.29, 1.82) is 0 Å². The van der Waals surface area contributed by atoms with Crippen LogP contribution in [-0.2, 0) is 4.79 Å². The van der Waals surface area contributed by atoms with E-state index in [1.807, 2.05) is 42.5 Å². The lowest BCUT2D eigenvalue weighted by Crippen LogP contribution is -2.37. The third-order valence-corrected chi connectivity index (χ3v) is 3.10. The molecule has 1 unspecified atom stereocenters. The van der Waals surface area contributed by atoms with E-state index in [0.29, 0.717) is 5.75 Å². The third-order valence-electron chi connectivity index (χ3n) is 3.10. The van der Waals surface area contributed by atoms with E-state index in [2.05, 4.69) is 6.58 Å². The summed E-state index contributed by atoms with van der Waals surface area (Å²) in [5.74, 6) is -2.91. The number of aliphatic hydroxyl groups is 1. The molecule has 1 atom stereocenters. The number of benzene rings is 2. The van der Waals surface area contributed by atoms with Crippen LogP contribution in [0.15, 0.2) is 66.7 Å². The number of hydrogen-bond donors (Lipinski definition) is 2. The predicted octanol–water partition coefficient (Wildman–Crippen LogP) is 3.08. The van der Waals surface area contributed by atoms with Crippen LogP contribution in [0.2, 0.25) is 0 Å². The standard InChI is InChI=1S/C17H16O4/c1-12(16(18)19)17(2,20)21-15-11-7-6-10-14(15)13-8-4-3-5-9-13/h3-11,20H,1H2,2H3,(H,18,19). The van der Waals surface area contributed by atoms with Crippen LogP contribution in [0.5, 0.6) is 5.75 Å². The van der Waals surface area contributed by atoms with Gasteiger partial charge in [0.05, 0.1) is 0 Å². The van der Waals surface area contributed by atoms with Gasteiger partial charge in [0.1, 0.15) is 11.3 Å². The molecule has 0 fully saturated rings. The van der Waals surface area contributed by atoms with E-state index in [4.69, 9.17) is 9.84 Å². The molecule has 21 heavy (non-hydrogen) atoms. The fourth-order valence-electron chi connectivity index (χ4n) is 1.89. The number of carboxylic acid groups (broad SMARTS) is 1. The topological polar surface area (TPSA) is 66.8 Å². The Morgan fingerprint density at radius 2 is 1.67 bits per heavy atom. The van der Waals surface area contributed by atoms with Gasteiger partial charge in [-0.15, -0.1) is 0 Å². The van der Waals surface area contributed by atoms with E-state index in [1.165, 1.54) is 6.92 Å². The van der Waals surface area contributed by atoms with E-state index in [-0.39, 0.29) is 0 Å². The summed E-state index contributed by atoms with van der Waals surface area (Å²) in [6.45, 7) is 4.61. The number of ether oxygens (including phenoxy) is 1. The van der Waals surface area contributed by atoms with Crippen LogP contribution < -0.4 is 4.74 Å². The summed E-state index contributed by atoms with van der Waals surface area (Å²) in [5, 5.41) is 19.1. The minimum absolute atomic E-state index is 0.385. The highest BCUT2D eigenvalue weighted by Crippen LogP contribution is 2.33. The first-order chi connectivity index (χ1) is 9.92. The number of hydrogen-bond acceptors (Lipinski definition) is 3. The van der Waals surface area contributed by atoms with E-state index in [1.54, 1.807) is 12.1 Å². The first kappa shape index (κ1) is 14.8. The molecule has 2 rings (SSSR count). The Morgan fingerprint density at radius 3 is 2.29 bits per heavy atom. The first-order valence-corrected chi connectivity index (χ1v) is 6.40. The number of rotatable bonds is 5. The zero-order chi connectivity index (χ0) is 15.5. The lowest BCUT2D eigenvalue weighted by Gasteiger charge is -2.26. The van der Waals surface area contributed by atoms with Gasteiger partial charge in [-0.3, -0.25) is 0 Å². The van der Waals surface area contributed by atoms with Crippen LogP contribution in [0.25, 0.3) is 11.1 Å². The quantitative estimate of drug-likeness (QED) is 0.654. The third kappa shape index (κ3) is 3.30. The average molecular weight is 284 g/mol. The normalized spacial score (nSPS) is 13.2. The van der Waals surface area contributed by atoms with Gasteiger partial charge in [0, 0.05) is 12.5 Å². The Morgan fingerprint density at radius 1 is 1.10 bits per heavy atom.